The van der Waals surface area contributed by atoms with E-state index in [0.29, 0.717) is 6.42 Å². The van der Waals surface area contributed by atoms with Gasteiger partial charge in [0.1, 0.15) is 6.61 Å². The molecule has 0 radical (unpaired) electrons. The lowest BCUT2D eigenvalue weighted by Crippen LogP contribution is -2.43. The Morgan fingerprint density at radius 2 is 1.86 bits per heavy atom. The molecule has 0 aliphatic heterocycles. The first kappa shape index (κ1) is 20.0. The van der Waals surface area contributed by atoms with Crippen LogP contribution in [0.5, 0.6) is 0 Å². The average molecular weight is 306 g/mol. The van der Waals surface area contributed by atoms with E-state index < -0.39 is 11.9 Å². The lowest BCUT2D eigenvalue weighted by Gasteiger charge is -2.27. The molecule has 124 valence electrons. The molecule has 0 aromatic heterocycles. The summed E-state index contributed by atoms with van der Waals surface area (Å²) in [6.07, 6.45) is 1.59. The fraction of sp³-hybridized carbons (Fsp3) is 0.786. The minimum Gasteiger partial charge on any atom is -0.402 e. The third-order valence-electron chi connectivity index (χ3n) is 2.32. The Labute approximate surface area is 125 Å². The molecule has 7 nitrogen and oxygen atoms in total. The number of carbonyl (C=O) groups excluding carboxylic acids is 1. The fourth-order valence-electron chi connectivity index (χ4n) is 1.19. The molecular weight excluding hydrogens is 280 g/mol. The molecule has 0 rings (SSSR count). The van der Waals surface area contributed by atoms with Gasteiger partial charge >= 0.3 is 11.9 Å². The fourth-order valence-corrected chi connectivity index (χ4v) is 1.19. The van der Waals surface area contributed by atoms with Crippen LogP contribution in [0, 0.1) is 0 Å². The van der Waals surface area contributed by atoms with Crippen molar-refractivity contribution in [2.24, 2.45) is 0 Å². The summed E-state index contributed by atoms with van der Waals surface area (Å²) in [6.45, 7) is 7.35. The van der Waals surface area contributed by atoms with Gasteiger partial charge in [-0.1, -0.05) is 19.9 Å². The molecular formula is C14H26O7. The summed E-state index contributed by atoms with van der Waals surface area (Å²) in [5.74, 6) is -2.89. The van der Waals surface area contributed by atoms with Gasteiger partial charge in [-0.25, -0.2) is 4.79 Å². The van der Waals surface area contributed by atoms with E-state index >= 15 is 0 Å². The molecule has 0 aromatic carbocycles. The highest BCUT2D eigenvalue weighted by atomic mass is 16.8. The number of aliphatic hydroxyl groups is 2. The highest BCUT2D eigenvalue weighted by molar-refractivity contribution is 5.87. The highest BCUT2D eigenvalue weighted by Crippen LogP contribution is 2.13. The van der Waals surface area contributed by atoms with Crippen LogP contribution < -0.4 is 0 Å². The molecule has 1 unspecified atom stereocenters. The molecule has 0 amide bonds. The number of carbonyl (C=O) groups is 1. The van der Waals surface area contributed by atoms with Gasteiger partial charge in [0, 0.05) is 5.57 Å². The topological polar surface area (TPSA) is 94.5 Å². The van der Waals surface area contributed by atoms with Crippen LogP contribution in [0.15, 0.2) is 12.2 Å². The minimum atomic E-state index is -2.14. The first-order chi connectivity index (χ1) is 9.95. The molecule has 0 bridgehead atoms. The van der Waals surface area contributed by atoms with Gasteiger partial charge in [0.25, 0.3) is 0 Å². The second-order valence-electron chi connectivity index (χ2n) is 4.47. The molecule has 0 spiro atoms. The Kier molecular flexibility index (Phi) is 11.1. The maximum Gasteiger partial charge on any atom is 0.351 e. The van der Waals surface area contributed by atoms with Crippen molar-refractivity contribution in [3.63, 3.8) is 0 Å². The van der Waals surface area contributed by atoms with Crippen molar-refractivity contribution in [2.75, 3.05) is 39.6 Å². The Hall–Kier alpha value is -0.990. The third kappa shape index (κ3) is 10.4. The molecule has 21 heavy (non-hydrogen) atoms. The van der Waals surface area contributed by atoms with Gasteiger partial charge in [0.2, 0.25) is 0 Å². The number of unbranched alkanes of at least 4 members (excludes halogenated alkanes) is 1. The van der Waals surface area contributed by atoms with Crippen LogP contribution in [0.3, 0.4) is 0 Å². The maximum atomic E-state index is 11.5. The second kappa shape index (κ2) is 11.6. The van der Waals surface area contributed by atoms with E-state index in [-0.39, 0.29) is 45.2 Å². The Morgan fingerprint density at radius 3 is 2.43 bits per heavy atom. The van der Waals surface area contributed by atoms with Crippen LogP contribution >= 0.6 is 0 Å². The van der Waals surface area contributed by atoms with Gasteiger partial charge in [-0.15, -0.1) is 0 Å². The summed E-state index contributed by atoms with van der Waals surface area (Å²) in [4.78, 5) is 11.5. The van der Waals surface area contributed by atoms with Gasteiger partial charge in [0.05, 0.1) is 33.0 Å². The molecule has 0 aliphatic rings. The second-order valence-corrected chi connectivity index (χ2v) is 4.47. The number of hydrogen-bond donors (Lipinski definition) is 2. The monoisotopic (exact) mass is 306 g/mol. The van der Waals surface area contributed by atoms with E-state index in [1.807, 2.05) is 6.92 Å². The van der Waals surface area contributed by atoms with E-state index in [1.165, 1.54) is 6.92 Å². The molecule has 2 N–H and O–H groups in total. The van der Waals surface area contributed by atoms with E-state index in [0.717, 1.165) is 6.42 Å². The Morgan fingerprint density at radius 1 is 1.19 bits per heavy atom. The van der Waals surface area contributed by atoms with Crippen molar-refractivity contribution >= 4 is 5.97 Å². The van der Waals surface area contributed by atoms with Gasteiger partial charge in [0.15, 0.2) is 0 Å². The predicted molar refractivity (Wildman–Crippen MR) is 75.4 cm³/mol. The summed E-state index contributed by atoms with van der Waals surface area (Å²) in [5, 5.41) is 18.7. The van der Waals surface area contributed by atoms with E-state index in [1.54, 1.807) is 0 Å². The van der Waals surface area contributed by atoms with E-state index in [4.69, 9.17) is 24.1 Å². The standard InChI is InChI=1S/C14H26O7/c1-4-5-7-20-14(17,21-13(16)12(2)3)11-19-10-9-18-8-6-15/h15,17H,2,4-11H2,1,3H3. The first-order valence-corrected chi connectivity index (χ1v) is 6.96. The SMILES string of the molecule is C=C(C)C(=O)OC(O)(COCCOCCO)OCCCC. The Balaban J connectivity index is 4.23. The molecule has 0 aromatic rings. The Bertz CT molecular complexity index is 306. The zero-order chi connectivity index (χ0) is 16.1. The number of esters is 1. The van der Waals surface area contributed by atoms with Crippen LogP contribution in [-0.4, -0.2) is 61.8 Å². The van der Waals surface area contributed by atoms with Crippen LogP contribution in [0.4, 0.5) is 0 Å². The average Bonchev–Trinajstić information content (AvgIpc) is 2.43. The minimum absolute atomic E-state index is 0.0692. The first-order valence-electron chi connectivity index (χ1n) is 6.96. The molecule has 0 heterocycles. The van der Waals surface area contributed by atoms with Crippen LogP contribution in [0.25, 0.3) is 0 Å². The molecule has 1 atom stereocenters. The largest absolute Gasteiger partial charge is 0.402 e. The third-order valence-corrected chi connectivity index (χ3v) is 2.32. The summed E-state index contributed by atoms with van der Waals surface area (Å²) >= 11 is 0. The highest BCUT2D eigenvalue weighted by Gasteiger charge is 2.33. The van der Waals surface area contributed by atoms with Crippen LogP contribution in [0.1, 0.15) is 26.7 Å². The van der Waals surface area contributed by atoms with Crippen LogP contribution in [-0.2, 0) is 23.7 Å². The van der Waals surface area contributed by atoms with Crippen molar-refractivity contribution < 1.29 is 34.0 Å². The summed E-state index contributed by atoms with van der Waals surface area (Å²) in [5.41, 5.74) is 0.152. The van der Waals surface area contributed by atoms with Crippen molar-refractivity contribution in [1.82, 2.24) is 0 Å². The lowest BCUT2D eigenvalue weighted by atomic mass is 10.3. The number of ether oxygens (including phenoxy) is 4. The number of hydrogen-bond acceptors (Lipinski definition) is 7. The van der Waals surface area contributed by atoms with Crippen molar-refractivity contribution in [3.8, 4) is 0 Å². The van der Waals surface area contributed by atoms with Crippen molar-refractivity contribution in [1.29, 1.82) is 0 Å². The van der Waals surface area contributed by atoms with Gasteiger partial charge < -0.3 is 29.2 Å². The van der Waals surface area contributed by atoms with Crippen molar-refractivity contribution in [2.45, 2.75) is 32.7 Å². The van der Waals surface area contributed by atoms with Crippen LogP contribution in [0.2, 0.25) is 0 Å². The van der Waals surface area contributed by atoms with E-state index in [2.05, 4.69) is 6.58 Å². The molecule has 0 saturated heterocycles. The van der Waals surface area contributed by atoms with Gasteiger partial charge in [-0.05, 0) is 13.3 Å². The smallest absolute Gasteiger partial charge is 0.351 e. The normalized spacial score (nSPS) is 13.7. The quantitative estimate of drug-likeness (QED) is 0.223. The van der Waals surface area contributed by atoms with Crippen molar-refractivity contribution in [3.05, 3.63) is 12.2 Å². The molecule has 0 fully saturated rings. The summed E-state index contributed by atoms with van der Waals surface area (Å²) in [7, 11) is 0. The zero-order valence-electron chi connectivity index (χ0n) is 12.8. The van der Waals surface area contributed by atoms with E-state index in [9.17, 15) is 9.90 Å². The van der Waals surface area contributed by atoms with Gasteiger partial charge in [-0.3, -0.25) is 0 Å². The maximum absolute atomic E-state index is 11.5. The number of aliphatic hydroxyl groups excluding tert-OH is 1. The lowest BCUT2D eigenvalue weighted by molar-refractivity contribution is -0.357. The molecule has 0 aliphatic carbocycles. The van der Waals surface area contributed by atoms with Gasteiger partial charge in [-0.2, -0.15) is 0 Å². The number of rotatable bonds is 13. The summed E-state index contributed by atoms with van der Waals surface area (Å²) < 4.78 is 20.2. The zero-order valence-corrected chi connectivity index (χ0v) is 12.8. The predicted octanol–water partition coefficient (Wildman–Crippen LogP) is 0.594. The molecule has 0 saturated carbocycles. The summed E-state index contributed by atoms with van der Waals surface area (Å²) in [6, 6.07) is 0. The molecule has 7 heteroatoms.